The van der Waals surface area contributed by atoms with E-state index in [0.717, 1.165) is 19.4 Å². The molecule has 23 heavy (non-hydrogen) atoms. The number of para-hydroxylation sites is 1. The van der Waals surface area contributed by atoms with E-state index in [2.05, 4.69) is 5.32 Å². The highest BCUT2D eigenvalue weighted by Crippen LogP contribution is 2.15. The molecule has 122 valence electrons. The second-order valence-electron chi connectivity index (χ2n) is 5.56. The van der Waals surface area contributed by atoms with Gasteiger partial charge in [-0.25, -0.2) is 0 Å². The van der Waals surface area contributed by atoms with E-state index in [1.165, 1.54) is 6.92 Å². The Kier molecular flexibility index (Phi) is 6.12. The first-order chi connectivity index (χ1) is 11.1. The fourth-order valence-corrected chi connectivity index (χ4v) is 2.55. The monoisotopic (exact) mass is 315 g/mol. The highest BCUT2D eigenvalue weighted by molar-refractivity contribution is 5.92. The van der Waals surface area contributed by atoms with Crippen LogP contribution in [0.2, 0.25) is 0 Å². The molecule has 0 aliphatic carbocycles. The molecule has 1 aliphatic rings. The van der Waals surface area contributed by atoms with E-state index in [-0.39, 0.29) is 24.3 Å². The van der Waals surface area contributed by atoms with Gasteiger partial charge in [0.05, 0.1) is 17.4 Å². The van der Waals surface area contributed by atoms with E-state index >= 15 is 0 Å². The molecule has 1 heterocycles. The van der Waals surface area contributed by atoms with Gasteiger partial charge in [0.2, 0.25) is 11.8 Å². The number of anilines is 1. The van der Waals surface area contributed by atoms with Crippen LogP contribution < -0.4 is 5.32 Å². The zero-order valence-electron chi connectivity index (χ0n) is 13.2. The molecule has 1 unspecified atom stereocenters. The topological polar surface area (TPSA) is 82.4 Å². The number of carbonyl (C=O) groups excluding carboxylic acids is 2. The van der Waals surface area contributed by atoms with Crippen molar-refractivity contribution in [1.29, 1.82) is 5.26 Å². The predicted octanol–water partition coefficient (Wildman–Crippen LogP) is 1.91. The van der Waals surface area contributed by atoms with Crippen molar-refractivity contribution in [3.63, 3.8) is 0 Å². The molecule has 0 spiro atoms. The molecule has 1 atom stereocenters. The third-order valence-electron chi connectivity index (χ3n) is 3.82. The molecular weight excluding hydrogens is 294 g/mol. The number of nitrogens with one attached hydrogen (secondary N) is 1. The molecule has 1 aromatic carbocycles. The molecule has 6 heteroatoms. The van der Waals surface area contributed by atoms with Gasteiger partial charge in [-0.15, -0.1) is 0 Å². The average molecular weight is 315 g/mol. The fraction of sp³-hybridized carbons (Fsp3) is 0.471. The zero-order chi connectivity index (χ0) is 16.7. The predicted molar refractivity (Wildman–Crippen MR) is 85.6 cm³/mol. The molecular formula is C17H21N3O3. The van der Waals surface area contributed by atoms with Gasteiger partial charge in [-0.05, 0) is 25.0 Å². The van der Waals surface area contributed by atoms with Crippen LogP contribution in [0.1, 0.15) is 31.7 Å². The average Bonchev–Trinajstić information content (AvgIpc) is 3.04. The summed E-state index contributed by atoms with van der Waals surface area (Å²) in [7, 11) is 0. The SMILES string of the molecule is CC(=O)N(CCC(=O)Nc1ccccc1C#N)CC1CCCO1. The highest BCUT2D eigenvalue weighted by atomic mass is 16.5. The van der Waals surface area contributed by atoms with Crippen LogP contribution in [0.15, 0.2) is 24.3 Å². The van der Waals surface area contributed by atoms with E-state index in [9.17, 15) is 9.59 Å². The Labute approximate surface area is 136 Å². The molecule has 0 aromatic heterocycles. The summed E-state index contributed by atoms with van der Waals surface area (Å²) in [5, 5.41) is 11.7. The Morgan fingerprint density at radius 3 is 2.87 bits per heavy atom. The maximum atomic E-state index is 12.1. The van der Waals surface area contributed by atoms with Crippen molar-refractivity contribution in [3.05, 3.63) is 29.8 Å². The second-order valence-corrected chi connectivity index (χ2v) is 5.56. The van der Waals surface area contributed by atoms with Crippen LogP contribution in [0.25, 0.3) is 0 Å². The van der Waals surface area contributed by atoms with Gasteiger partial charge in [0, 0.05) is 33.0 Å². The number of nitriles is 1. The van der Waals surface area contributed by atoms with Crippen molar-refractivity contribution < 1.29 is 14.3 Å². The second kappa shape index (κ2) is 8.30. The summed E-state index contributed by atoms with van der Waals surface area (Å²) in [5.74, 6) is -0.281. The standard InChI is InChI=1S/C17H21N3O3/c1-13(21)20(12-15-6-4-10-23-15)9-8-17(22)19-16-7-3-2-5-14(16)11-18/h2-3,5,7,15H,4,6,8-10,12H2,1H3,(H,19,22). The lowest BCUT2D eigenvalue weighted by molar-refractivity contribution is -0.130. The highest BCUT2D eigenvalue weighted by Gasteiger charge is 2.21. The summed E-state index contributed by atoms with van der Waals surface area (Å²) in [5.41, 5.74) is 0.914. The molecule has 2 rings (SSSR count). The van der Waals surface area contributed by atoms with Crippen molar-refractivity contribution >= 4 is 17.5 Å². The van der Waals surface area contributed by atoms with Gasteiger partial charge >= 0.3 is 0 Å². The number of ether oxygens (including phenoxy) is 1. The molecule has 2 amide bonds. The third-order valence-corrected chi connectivity index (χ3v) is 3.82. The molecule has 1 aliphatic heterocycles. The quantitative estimate of drug-likeness (QED) is 0.869. The third kappa shape index (κ3) is 5.08. The van der Waals surface area contributed by atoms with E-state index in [1.54, 1.807) is 29.2 Å². The summed E-state index contributed by atoms with van der Waals surface area (Å²) in [6.45, 7) is 3.10. The van der Waals surface area contributed by atoms with E-state index in [4.69, 9.17) is 10.00 Å². The van der Waals surface area contributed by atoms with Gasteiger partial charge in [-0.3, -0.25) is 9.59 Å². The summed E-state index contributed by atoms with van der Waals surface area (Å²) in [4.78, 5) is 25.4. The number of rotatable bonds is 6. The molecule has 1 fully saturated rings. The van der Waals surface area contributed by atoms with Crippen molar-refractivity contribution in [2.45, 2.75) is 32.3 Å². The van der Waals surface area contributed by atoms with Crippen molar-refractivity contribution in [2.24, 2.45) is 0 Å². The van der Waals surface area contributed by atoms with Crippen LogP contribution in [0.5, 0.6) is 0 Å². The lowest BCUT2D eigenvalue weighted by atomic mass is 10.2. The lowest BCUT2D eigenvalue weighted by Gasteiger charge is -2.24. The molecule has 1 saturated heterocycles. The number of hydrogen-bond acceptors (Lipinski definition) is 4. The number of nitrogens with zero attached hydrogens (tertiary/aromatic N) is 2. The van der Waals surface area contributed by atoms with Crippen LogP contribution >= 0.6 is 0 Å². The van der Waals surface area contributed by atoms with E-state index < -0.39 is 0 Å². The summed E-state index contributed by atoms with van der Waals surface area (Å²) in [6, 6.07) is 8.87. The van der Waals surface area contributed by atoms with Gasteiger partial charge in [0.1, 0.15) is 6.07 Å². The maximum absolute atomic E-state index is 12.1. The molecule has 0 saturated carbocycles. The molecule has 1 aromatic rings. The van der Waals surface area contributed by atoms with E-state index in [1.807, 2.05) is 6.07 Å². The Bertz CT molecular complexity index is 603. The van der Waals surface area contributed by atoms with Crippen molar-refractivity contribution in [2.75, 3.05) is 25.0 Å². The number of amides is 2. The van der Waals surface area contributed by atoms with Crippen LogP contribution in [0.4, 0.5) is 5.69 Å². The number of hydrogen-bond donors (Lipinski definition) is 1. The normalized spacial score (nSPS) is 16.6. The van der Waals surface area contributed by atoms with Gasteiger partial charge in [0.15, 0.2) is 0 Å². The maximum Gasteiger partial charge on any atom is 0.226 e. The van der Waals surface area contributed by atoms with E-state index in [0.29, 0.717) is 24.3 Å². The fourth-order valence-electron chi connectivity index (χ4n) is 2.55. The molecule has 0 radical (unpaired) electrons. The Morgan fingerprint density at radius 2 is 2.22 bits per heavy atom. The van der Waals surface area contributed by atoms with Crippen LogP contribution in [0, 0.1) is 11.3 Å². The first-order valence-corrected chi connectivity index (χ1v) is 7.76. The van der Waals surface area contributed by atoms with Crippen LogP contribution in [0.3, 0.4) is 0 Å². The van der Waals surface area contributed by atoms with Crippen molar-refractivity contribution in [1.82, 2.24) is 4.90 Å². The van der Waals surface area contributed by atoms with Crippen LogP contribution in [-0.4, -0.2) is 42.5 Å². The summed E-state index contributed by atoms with van der Waals surface area (Å²) in [6.07, 6.45) is 2.22. The van der Waals surface area contributed by atoms with Gasteiger partial charge < -0.3 is 15.0 Å². The zero-order valence-corrected chi connectivity index (χ0v) is 13.2. The molecule has 0 bridgehead atoms. The number of carbonyl (C=O) groups is 2. The minimum Gasteiger partial charge on any atom is -0.376 e. The van der Waals surface area contributed by atoms with Gasteiger partial charge in [-0.1, -0.05) is 12.1 Å². The minimum atomic E-state index is -0.216. The minimum absolute atomic E-state index is 0.0641. The largest absolute Gasteiger partial charge is 0.376 e. The smallest absolute Gasteiger partial charge is 0.226 e. The lowest BCUT2D eigenvalue weighted by Crippen LogP contribution is -2.37. The summed E-state index contributed by atoms with van der Waals surface area (Å²) < 4.78 is 5.54. The molecule has 6 nitrogen and oxygen atoms in total. The molecule has 1 N–H and O–H groups in total. The number of benzene rings is 1. The Balaban J connectivity index is 1.86. The van der Waals surface area contributed by atoms with Gasteiger partial charge in [-0.2, -0.15) is 5.26 Å². The summed E-state index contributed by atoms with van der Waals surface area (Å²) >= 11 is 0. The van der Waals surface area contributed by atoms with Crippen molar-refractivity contribution in [3.8, 4) is 6.07 Å². The first-order valence-electron chi connectivity index (χ1n) is 7.76. The Hall–Kier alpha value is -2.39. The van der Waals surface area contributed by atoms with Crippen LogP contribution in [-0.2, 0) is 14.3 Å². The first kappa shape index (κ1) is 17.0. The Morgan fingerprint density at radius 1 is 1.43 bits per heavy atom. The van der Waals surface area contributed by atoms with Gasteiger partial charge in [0.25, 0.3) is 0 Å².